The van der Waals surface area contributed by atoms with E-state index in [2.05, 4.69) is 68.4 Å². The Morgan fingerprint density at radius 3 is 2.53 bits per heavy atom. The van der Waals surface area contributed by atoms with Crippen LogP contribution >= 0.6 is 43.6 Å². The van der Waals surface area contributed by atoms with Crippen molar-refractivity contribution >= 4 is 43.6 Å². The van der Waals surface area contributed by atoms with Gasteiger partial charge in [0, 0.05) is 14.9 Å². The minimum Gasteiger partial charge on any atom is -0.496 e. The molecule has 4 heteroatoms. The van der Waals surface area contributed by atoms with Crippen molar-refractivity contribution in [3.8, 4) is 5.75 Å². The van der Waals surface area contributed by atoms with Gasteiger partial charge in [-0.05, 0) is 36.1 Å². The third-order valence-electron chi connectivity index (χ3n) is 2.88. The van der Waals surface area contributed by atoms with Gasteiger partial charge in [-0.25, -0.2) is 0 Å². The molecule has 0 aromatic heterocycles. The summed E-state index contributed by atoms with van der Waals surface area (Å²) in [7, 11) is 1.70. The molecule has 2 rings (SSSR count). The number of hydrogen-bond donors (Lipinski definition) is 0. The molecule has 0 saturated carbocycles. The molecule has 0 bridgehead atoms. The zero-order valence-corrected chi connectivity index (χ0v) is 14.7. The van der Waals surface area contributed by atoms with Gasteiger partial charge in [-0.2, -0.15) is 0 Å². The molecule has 0 saturated heterocycles. The molecule has 0 radical (unpaired) electrons. The molecule has 1 unspecified atom stereocenters. The summed E-state index contributed by atoms with van der Waals surface area (Å²) in [5, 5.41) is 0. The highest BCUT2D eigenvalue weighted by atomic mass is 79.9. The van der Waals surface area contributed by atoms with Crippen molar-refractivity contribution in [1.82, 2.24) is 0 Å². The average molecular weight is 402 g/mol. The van der Waals surface area contributed by atoms with Gasteiger partial charge in [0.05, 0.1) is 11.9 Å². The lowest BCUT2D eigenvalue weighted by Crippen LogP contribution is -1.98. The third-order valence-corrected chi connectivity index (χ3v) is 5.17. The monoisotopic (exact) mass is 400 g/mol. The van der Waals surface area contributed by atoms with Gasteiger partial charge in [-0.1, -0.05) is 50.1 Å². The lowest BCUT2D eigenvalue weighted by molar-refractivity contribution is 0.410. The molecule has 0 amide bonds. The molecule has 0 heterocycles. The summed E-state index contributed by atoms with van der Waals surface area (Å²) in [5.41, 5.74) is 2.38. The standard InChI is InChI=1S/C15H14Br2OS/c1-18-13-8-7-10(16)9-12(13)15(17)11-5-3-4-6-14(11)19-2/h3-9,15H,1-2H3. The van der Waals surface area contributed by atoms with Crippen molar-refractivity contribution in [1.29, 1.82) is 0 Å². The quantitative estimate of drug-likeness (QED) is 0.482. The van der Waals surface area contributed by atoms with Crippen LogP contribution in [0.2, 0.25) is 0 Å². The topological polar surface area (TPSA) is 9.23 Å². The Bertz CT molecular complexity index is 572. The number of rotatable bonds is 4. The van der Waals surface area contributed by atoms with Crippen LogP contribution < -0.4 is 4.74 Å². The van der Waals surface area contributed by atoms with Gasteiger partial charge in [0.1, 0.15) is 5.75 Å². The van der Waals surface area contributed by atoms with E-state index in [1.165, 1.54) is 10.5 Å². The van der Waals surface area contributed by atoms with Crippen molar-refractivity contribution in [2.75, 3.05) is 13.4 Å². The Kier molecular flexibility index (Phi) is 5.37. The minimum atomic E-state index is 0.114. The number of ether oxygens (including phenoxy) is 1. The molecular formula is C15H14Br2OS. The van der Waals surface area contributed by atoms with E-state index in [0.717, 1.165) is 15.8 Å². The normalized spacial score (nSPS) is 12.2. The van der Waals surface area contributed by atoms with Crippen LogP contribution in [0.3, 0.4) is 0 Å². The number of methoxy groups -OCH3 is 1. The summed E-state index contributed by atoms with van der Waals surface area (Å²) in [6, 6.07) is 14.5. The summed E-state index contributed by atoms with van der Waals surface area (Å²) in [5.74, 6) is 0.890. The van der Waals surface area contributed by atoms with Gasteiger partial charge in [0.25, 0.3) is 0 Å². The molecule has 0 aliphatic carbocycles. The van der Waals surface area contributed by atoms with Crippen molar-refractivity contribution in [2.45, 2.75) is 9.72 Å². The van der Waals surface area contributed by atoms with Gasteiger partial charge < -0.3 is 4.74 Å². The van der Waals surface area contributed by atoms with Crippen LogP contribution in [0.15, 0.2) is 51.8 Å². The lowest BCUT2D eigenvalue weighted by Gasteiger charge is -2.17. The molecule has 19 heavy (non-hydrogen) atoms. The van der Waals surface area contributed by atoms with Crippen molar-refractivity contribution < 1.29 is 4.74 Å². The number of halogens is 2. The first-order chi connectivity index (χ1) is 9.17. The average Bonchev–Trinajstić information content (AvgIpc) is 2.46. The molecule has 1 nitrogen and oxygen atoms in total. The highest BCUT2D eigenvalue weighted by Crippen LogP contribution is 2.41. The third kappa shape index (κ3) is 3.36. The van der Waals surface area contributed by atoms with Gasteiger partial charge >= 0.3 is 0 Å². The zero-order chi connectivity index (χ0) is 13.8. The van der Waals surface area contributed by atoms with E-state index in [1.807, 2.05) is 12.1 Å². The Morgan fingerprint density at radius 1 is 1.11 bits per heavy atom. The van der Waals surface area contributed by atoms with E-state index in [-0.39, 0.29) is 4.83 Å². The molecule has 0 N–H and O–H groups in total. The Balaban J connectivity index is 2.49. The predicted molar refractivity (Wildman–Crippen MR) is 89.7 cm³/mol. The highest BCUT2D eigenvalue weighted by Gasteiger charge is 2.18. The van der Waals surface area contributed by atoms with E-state index in [9.17, 15) is 0 Å². The largest absolute Gasteiger partial charge is 0.496 e. The van der Waals surface area contributed by atoms with Crippen LogP contribution in [-0.2, 0) is 0 Å². The predicted octanol–water partition coefficient (Wildman–Crippen LogP) is 5.66. The second-order valence-electron chi connectivity index (χ2n) is 3.99. The van der Waals surface area contributed by atoms with Gasteiger partial charge in [0.15, 0.2) is 0 Å². The first-order valence-electron chi connectivity index (χ1n) is 5.77. The molecular weight excluding hydrogens is 388 g/mol. The maximum Gasteiger partial charge on any atom is 0.123 e. The molecule has 0 fully saturated rings. The maximum atomic E-state index is 5.46. The number of hydrogen-bond acceptors (Lipinski definition) is 2. The molecule has 0 aliphatic rings. The van der Waals surface area contributed by atoms with Crippen LogP contribution in [0.25, 0.3) is 0 Å². The van der Waals surface area contributed by atoms with Crippen LogP contribution in [0.4, 0.5) is 0 Å². The van der Waals surface area contributed by atoms with Gasteiger partial charge in [0.2, 0.25) is 0 Å². The van der Waals surface area contributed by atoms with Crippen LogP contribution in [-0.4, -0.2) is 13.4 Å². The van der Waals surface area contributed by atoms with Crippen LogP contribution in [0.1, 0.15) is 16.0 Å². The van der Waals surface area contributed by atoms with Crippen LogP contribution in [0.5, 0.6) is 5.75 Å². The molecule has 100 valence electrons. The SMILES string of the molecule is COc1ccc(Br)cc1C(Br)c1ccccc1SC. The summed E-state index contributed by atoms with van der Waals surface area (Å²) < 4.78 is 6.51. The first-order valence-corrected chi connectivity index (χ1v) is 8.71. The number of benzene rings is 2. The Morgan fingerprint density at radius 2 is 1.84 bits per heavy atom. The molecule has 0 spiro atoms. The van der Waals surface area contributed by atoms with E-state index in [4.69, 9.17) is 4.74 Å². The van der Waals surface area contributed by atoms with Crippen molar-refractivity contribution in [3.05, 3.63) is 58.1 Å². The van der Waals surface area contributed by atoms with E-state index in [1.54, 1.807) is 18.9 Å². The molecule has 2 aromatic rings. The van der Waals surface area contributed by atoms with Gasteiger partial charge in [-0.3, -0.25) is 0 Å². The molecule has 0 aliphatic heterocycles. The fraction of sp³-hybridized carbons (Fsp3) is 0.200. The molecule has 1 atom stereocenters. The van der Waals surface area contributed by atoms with Gasteiger partial charge in [-0.15, -0.1) is 11.8 Å². The summed E-state index contributed by atoms with van der Waals surface area (Å²) >= 11 is 9.07. The summed E-state index contributed by atoms with van der Waals surface area (Å²) in [6.45, 7) is 0. The number of alkyl halides is 1. The lowest BCUT2D eigenvalue weighted by atomic mass is 10.0. The highest BCUT2D eigenvalue weighted by molar-refractivity contribution is 9.10. The second-order valence-corrected chi connectivity index (χ2v) is 6.67. The van der Waals surface area contributed by atoms with Crippen molar-refractivity contribution in [3.63, 3.8) is 0 Å². The first kappa shape index (κ1) is 14.9. The zero-order valence-electron chi connectivity index (χ0n) is 10.7. The fourth-order valence-corrected chi connectivity index (χ4v) is 3.87. The smallest absolute Gasteiger partial charge is 0.123 e. The van der Waals surface area contributed by atoms with E-state index in [0.29, 0.717) is 0 Å². The Labute approximate surface area is 135 Å². The van der Waals surface area contributed by atoms with Crippen LogP contribution in [0, 0.1) is 0 Å². The summed E-state index contributed by atoms with van der Waals surface area (Å²) in [4.78, 5) is 1.38. The molecule has 2 aromatic carbocycles. The fourth-order valence-electron chi connectivity index (χ4n) is 1.95. The Hall–Kier alpha value is -0.450. The van der Waals surface area contributed by atoms with Crippen molar-refractivity contribution in [2.24, 2.45) is 0 Å². The minimum absolute atomic E-state index is 0.114. The van der Waals surface area contributed by atoms with E-state index < -0.39 is 0 Å². The summed E-state index contributed by atoms with van der Waals surface area (Å²) in [6.07, 6.45) is 2.09. The van der Waals surface area contributed by atoms with E-state index >= 15 is 0 Å². The maximum absolute atomic E-state index is 5.46. The second kappa shape index (κ2) is 6.82. The number of thioether (sulfide) groups is 1.